The summed E-state index contributed by atoms with van der Waals surface area (Å²) in [5.74, 6) is 0. The molecule has 0 atom stereocenters. The van der Waals surface area contributed by atoms with Crippen LogP contribution in [0.25, 0.3) is 10.9 Å². The van der Waals surface area contributed by atoms with Crippen LogP contribution in [0, 0.1) is 13.8 Å². The van der Waals surface area contributed by atoms with Gasteiger partial charge in [-0.2, -0.15) is 0 Å². The van der Waals surface area contributed by atoms with E-state index in [1.54, 1.807) is 0 Å². The van der Waals surface area contributed by atoms with Gasteiger partial charge in [-0.3, -0.25) is 0 Å². The minimum Gasteiger partial charge on any atom is -0.399 e. The fourth-order valence-electron chi connectivity index (χ4n) is 2.60. The first-order chi connectivity index (χ1) is 9.21. The summed E-state index contributed by atoms with van der Waals surface area (Å²) in [6.07, 6.45) is 0. The molecule has 0 saturated carbocycles. The zero-order valence-corrected chi connectivity index (χ0v) is 13.1. The largest absolute Gasteiger partial charge is 0.494 e. The van der Waals surface area contributed by atoms with E-state index in [4.69, 9.17) is 9.31 Å². The summed E-state index contributed by atoms with van der Waals surface area (Å²) in [6, 6.07) is 6.37. The first-order valence-corrected chi connectivity index (χ1v) is 7.16. The molecule has 1 aliphatic rings. The van der Waals surface area contributed by atoms with Crippen LogP contribution in [0.4, 0.5) is 0 Å². The number of nitrogens with one attached hydrogen (secondary N) is 1. The predicted octanol–water partition coefficient (Wildman–Crippen LogP) is 3.08. The van der Waals surface area contributed by atoms with Gasteiger partial charge in [-0.1, -0.05) is 12.1 Å². The van der Waals surface area contributed by atoms with Crippen molar-refractivity contribution in [3.8, 4) is 0 Å². The van der Waals surface area contributed by atoms with E-state index in [0.29, 0.717) is 0 Å². The molecule has 0 spiro atoms. The molecular formula is C16H22BNO2. The number of aromatic nitrogens is 1. The Kier molecular flexibility index (Phi) is 2.83. The van der Waals surface area contributed by atoms with E-state index in [9.17, 15) is 0 Å². The van der Waals surface area contributed by atoms with E-state index in [0.717, 1.165) is 5.46 Å². The van der Waals surface area contributed by atoms with Crippen molar-refractivity contribution in [3.05, 3.63) is 29.5 Å². The molecule has 3 rings (SSSR count). The zero-order chi connectivity index (χ0) is 14.7. The Morgan fingerprint density at radius 1 is 1.00 bits per heavy atom. The summed E-state index contributed by atoms with van der Waals surface area (Å²) in [6.45, 7) is 12.6. The molecule has 1 saturated heterocycles. The van der Waals surface area contributed by atoms with Crippen molar-refractivity contribution in [1.29, 1.82) is 0 Å². The molecular weight excluding hydrogens is 249 g/mol. The Labute approximate surface area is 120 Å². The topological polar surface area (TPSA) is 34.2 Å². The minimum absolute atomic E-state index is 0.293. The SMILES string of the molecule is Cc1[nH]c2ccc(B3OC(C)(C)C(C)(C)O3)cc2c1C. The van der Waals surface area contributed by atoms with E-state index >= 15 is 0 Å². The highest BCUT2D eigenvalue weighted by atomic mass is 16.7. The van der Waals surface area contributed by atoms with E-state index in [2.05, 4.69) is 64.7 Å². The van der Waals surface area contributed by atoms with Crippen LogP contribution in [0.5, 0.6) is 0 Å². The lowest BCUT2D eigenvalue weighted by atomic mass is 9.78. The third-order valence-corrected chi connectivity index (χ3v) is 4.86. The van der Waals surface area contributed by atoms with Gasteiger partial charge in [0.15, 0.2) is 0 Å². The van der Waals surface area contributed by atoms with Crippen molar-refractivity contribution >= 4 is 23.5 Å². The number of benzene rings is 1. The molecule has 0 bridgehead atoms. The Morgan fingerprint density at radius 3 is 2.20 bits per heavy atom. The number of H-pyrrole nitrogens is 1. The van der Waals surface area contributed by atoms with Gasteiger partial charge in [0.05, 0.1) is 11.2 Å². The number of hydrogen-bond acceptors (Lipinski definition) is 2. The fraction of sp³-hybridized carbons (Fsp3) is 0.500. The van der Waals surface area contributed by atoms with Gasteiger partial charge in [-0.25, -0.2) is 0 Å². The molecule has 0 aliphatic carbocycles. The normalized spacial score (nSPS) is 20.8. The fourth-order valence-corrected chi connectivity index (χ4v) is 2.60. The molecule has 1 aliphatic heterocycles. The molecule has 4 heteroatoms. The Morgan fingerprint density at radius 2 is 1.60 bits per heavy atom. The second-order valence-corrected chi connectivity index (χ2v) is 6.77. The first-order valence-electron chi connectivity index (χ1n) is 7.16. The van der Waals surface area contributed by atoms with E-state index in [1.165, 1.54) is 22.2 Å². The van der Waals surface area contributed by atoms with Crippen LogP contribution in [0.15, 0.2) is 18.2 Å². The van der Waals surface area contributed by atoms with Crippen LogP contribution in [0.2, 0.25) is 0 Å². The average molecular weight is 271 g/mol. The molecule has 1 N–H and O–H groups in total. The van der Waals surface area contributed by atoms with Gasteiger partial charge in [0.1, 0.15) is 0 Å². The molecule has 1 aromatic heterocycles. The number of aryl methyl sites for hydroxylation is 2. The van der Waals surface area contributed by atoms with Crippen molar-refractivity contribution in [1.82, 2.24) is 4.98 Å². The average Bonchev–Trinajstić information content (AvgIpc) is 2.74. The molecule has 2 aromatic rings. The van der Waals surface area contributed by atoms with Gasteiger partial charge in [0, 0.05) is 16.6 Å². The summed E-state index contributed by atoms with van der Waals surface area (Å²) in [5.41, 5.74) is 4.16. The van der Waals surface area contributed by atoms with Crippen molar-refractivity contribution in [2.75, 3.05) is 0 Å². The molecule has 2 heterocycles. The Hall–Kier alpha value is -1.26. The second-order valence-electron chi connectivity index (χ2n) is 6.77. The van der Waals surface area contributed by atoms with Gasteiger partial charge in [0.2, 0.25) is 0 Å². The molecule has 0 unspecified atom stereocenters. The van der Waals surface area contributed by atoms with Crippen molar-refractivity contribution in [3.63, 3.8) is 0 Å². The highest BCUT2D eigenvalue weighted by Gasteiger charge is 2.51. The standard InChI is InChI=1S/C16H22BNO2/c1-10-11(2)18-14-8-7-12(9-13(10)14)17-19-15(3,4)16(5,6)20-17/h7-9,18H,1-6H3. The predicted molar refractivity (Wildman–Crippen MR) is 83.5 cm³/mol. The highest BCUT2D eigenvalue weighted by molar-refractivity contribution is 6.62. The third kappa shape index (κ3) is 1.90. The van der Waals surface area contributed by atoms with Crippen LogP contribution in [0.3, 0.4) is 0 Å². The highest BCUT2D eigenvalue weighted by Crippen LogP contribution is 2.36. The van der Waals surface area contributed by atoms with Crippen molar-refractivity contribution in [2.45, 2.75) is 52.7 Å². The van der Waals surface area contributed by atoms with Gasteiger partial charge < -0.3 is 14.3 Å². The summed E-state index contributed by atoms with van der Waals surface area (Å²) >= 11 is 0. The first kappa shape index (κ1) is 13.7. The number of fused-ring (bicyclic) bond motifs is 1. The molecule has 3 nitrogen and oxygen atoms in total. The second kappa shape index (κ2) is 4.12. The number of aromatic amines is 1. The maximum atomic E-state index is 6.11. The lowest BCUT2D eigenvalue weighted by Gasteiger charge is -2.32. The van der Waals surface area contributed by atoms with Crippen LogP contribution in [-0.2, 0) is 9.31 Å². The summed E-state index contributed by atoms with van der Waals surface area (Å²) in [7, 11) is -0.293. The summed E-state index contributed by atoms with van der Waals surface area (Å²) in [4.78, 5) is 3.40. The van der Waals surface area contributed by atoms with E-state index in [1.807, 2.05) is 0 Å². The summed E-state index contributed by atoms with van der Waals surface area (Å²) < 4.78 is 12.2. The Balaban J connectivity index is 2.02. The molecule has 1 fully saturated rings. The van der Waals surface area contributed by atoms with E-state index in [-0.39, 0.29) is 18.3 Å². The lowest BCUT2D eigenvalue weighted by Crippen LogP contribution is -2.41. The number of hydrogen-bond donors (Lipinski definition) is 1. The van der Waals surface area contributed by atoms with E-state index < -0.39 is 0 Å². The van der Waals surface area contributed by atoms with Crippen LogP contribution in [-0.4, -0.2) is 23.3 Å². The smallest absolute Gasteiger partial charge is 0.399 e. The van der Waals surface area contributed by atoms with Crippen LogP contribution >= 0.6 is 0 Å². The van der Waals surface area contributed by atoms with Crippen molar-refractivity contribution in [2.24, 2.45) is 0 Å². The van der Waals surface area contributed by atoms with Crippen molar-refractivity contribution < 1.29 is 9.31 Å². The molecule has 106 valence electrons. The molecule has 0 radical (unpaired) electrons. The third-order valence-electron chi connectivity index (χ3n) is 4.86. The van der Waals surface area contributed by atoms with Gasteiger partial charge in [0.25, 0.3) is 0 Å². The molecule has 0 amide bonds. The minimum atomic E-state index is -0.296. The molecule has 20 heavy (non-hydrogen) atoms. The van der Waals surface area contributed by atoms with Crippen LogP contribution < -0.4 is 5.46 Å². The molecule has 1 aromatic carbocycles. The van der Waals surface area contributed by atoms with Crippen LogP contribution in [0.1, 0.15) is 39.0 Å². The maximum absolute atomic E-state index is 6.11. The van der Waals surface area contributed by atoms with Gasteiger partial charge in [-0.15, -0.1) is 0 Å². The number of rotatable bonds is 1. The quantitative estimate of drug-likeness (QED) is 0.809. The summed E-state index contributed by atoms with van der Waals surface area (Å²) in [5, 5.41) is 1.25. The Bertz CT molecular complexity index is 656. The lowest BCUT2D eigenvalue weighted by molar-refractivity contribution is 0.00578. The maximum Gasteiger partial charge on any atom is 0.494 e. The monoisotopic (exact) mass is 271 g/mol. The van der Waals surface area contributed by atoms with Gasteiger partial charge >= 0.3 is 7.12 Å². The van der Waals surface area contributed by atoms with Gasteiger partial charge in [-0.05, 0) is 58.6 Å². The zero-order valence-electron chi connectivity index (χ0n) is 13.1.